The van der Waals surface area contributed by atoms with Crippen molar-refractivity contribution in [3.8, 4) is 5.75 Å². The van der Waals surface area contributed by atoms with Gasteiger partial charge in [-0.25, -0.2) is 13.2 Å². The normalized spacial score (nSPS) is 13.0. The first-order valence-corrected chi connectivity index (χ1v) is 10.2. The maximum atomic E-state index is 13.9. The van der Waals surface area contributed by atoms with E-state index in [2.05, 4.69) is 6.92 Å². The van der Waals surface area contributed by atoms with Gasteiger partial charge < -0.3 is 18.9 Å². The highest BCUT2D eigenvalue weighted by Gasteiger charge is 2.41. The quantitative estimate of drug-likeness (QED) is 0.108. The van der Waals surface area contributed by atoms with Crippen LogP contribution in [0.2, 0.25) is 0 Å². The number of rotatable bonds is 15. The minimum absolute atomic E-state index is 0.206. The van der Waals surface area contributed by atoms with E-state index in [0.717, 1.165) is 38.5 Å². The van der Waals surface area contributed by atoms with Crippen molar-refractivity contribution in [2.24, 2.45) is 5.92 Å². The summed E-state index contributed by atoms with van der Waals surface area (Å²) in [6.45, 7) is 3.59. The lowest BCUT2D eigenvalue weighted by molar-refractivity contribution is -0.389. The van der Waals surface area contributed by atoms with E-state index in [4.69, 9.17) is 18.9 Å². The topological polar surface area (TPSA) is 36.9 Å². The largest absolute Gasteiger partial charge is 0.487 e. The molecule has 0 aliphatic heterocycles. The molecule has 4 nitrogen and oxygen atoms in total. The summed E-state index contributed by atoms with van der Waals surface area (Å²) in [4.78, 5) is 0. The third-order valence-corrected chi connectivity index (χ3v) is 4.92. The van der Waals surface area contributed by atoms with Crippen molar-refractivity contribution >= 4 is 0 Å². The molecule has 1 aromatic rings. The smallest absolute Gasteiger partial charge is 0.288 e. The van der Waals surface area contributed by atoms with Crippen molar-refractivity contribution in [3.05, 3.63) is 29.1 Å². The predicted octanol–water partition coefficient (Wildman–Crippen LogP) is 6.11. The monoisotopic (exact) mass is 442 g/mol. The van der Waals surface area contributed by atoms with Gasteiger partial charge in [0.25, 0.3) is 5.97 Å². The second kappa shape index (κ2) is 13.1. The molecule has 1 rings (SSSR count). The molecule has 0 fully saturated rings. The fourth-order valence-electron chi connectivity index (χ4n) is 3.28. The third-order valence-electron chi connectivity index (χ3n) is 4.92. The summed E-state index contributed by atoms with van der Waals surface area (Å²) in [5.74, 6) is -14.0. The highest BCUT2D eigenvalue weighted by Crippen LogP contribution is 2.33. The molecule has 0 heterocycles. The molecule has 0 aliphatic rings. The summed E-state index contributed by atoms with van der Waals surface area (Å²) < 4.78 is 89.4. The summed E-state index contributed by atoms with van der Waals surface area (Å²) in [6, 6.07) is 0. The van der Waals surface area contributed by atoms with Crippen LogP contribution in [0.15, 0.2) is 0 Å². The minimum atomic E-state index is -2.24. The lowest BCUT2D eigenvalue weighted by Crippen LogP contribution is -2.47. The lowest BCUT2D eigenvalue weighted by atomic mass is 9.98. The molecular formula is C21H31F5O4. The van der Waals surface area contributed by atoms with Gasteiger partial charge in [0.1, 0.15) is 0 Å². The molecule has 0 aromatic heterocycles. The molecule has 0 radical (unpaired) electrons. The Morgan fingerprint density at radius 3 is 1.73 bits per heavy atom. The van der Waals surface area contributed by atoms with Crippen LogP contribution in [0.4, 0.5) is 22.0 Å². The maximum Gasteiger partial charge on any atom is 0.288 e. The summed E-state index contributed by atoms with van der Waals surface area (Å²) >= 11 is 0. The van der Waals surface area contributed by atoms with Crippen molar-refractivity contribution in [2.75, 3.05) is 27.4 Å². The van der Waals surface area contributed by atoms with E-state index in [0.29, 0.717) is 6.42 Å². The first-order valence-electron chi connectivity index (χ1n) is 10.2. The first kappa shape index (κ1) is 26.6. The molecule has 0 amide bonds. The van der Waals surface area contributed by atoms with Crippen LogP contribution in [-0.2, 0) is 14.2 Å². The Morgan fingerprint density at radius 2 is 1.23 bits per heavy atom. The summed E-state index contributed by atoms with van der Waals surface area (Å²) in [5, 5.41) is 0. The van der Waals surface area contributed by atoms with Gasteiger partial charge >= 0.3 is 0 Å². The second-order valence-electron chi connectivity index (χ2n) is 6.91. The Labute approximate surface area is 174 Å². The Hall–Kier alpha value is -1.45. The van der Waals surface area contributed by atoms with Crippen molar-refractivity contribution in [3.63, 3.8) is 0 Å². The van der Waals surface area contributed by atoms with E-state index in [1.54, 1.807) is 6.92 Å². The molecule has 1 aromatic carbocycles. The summed E-state index contributed by atoms with van der Waals surface area (Å²) in [6.07, 6.45) is 6.40. The van der Waals surface area contributed by atoms with Gasteiger partial charge in [0.15, 0.2) is 5.75 Å². The number of methoxy groups -OCH3 is 2. The molecule has 30 heavy (non-hydrogen) atoms. The maximum absolute atomic E-state index is 13.9. The highest BCUT2D eigenvalue weighted by atomic mass is 19.2. The van der Waals surface area contributed by atoms with E-state index < -0.39 is 53.3 Å². The van der Waals surface area contributed by atoms with Crippen molar-refractivity contribution in [2.45, 2.75) is 64.8 Å². The van der Waals surface area contributed by atoms with E-state index in [9.17, 15) is 22.0 Å². The zero-order valence-electron chi connectivity index (χ0n) is 18.0. The van der Waals surface area contributed by atoms with Gasteiger partial charge in [-0.2, -0.15) is 8.78 Å². The van der Waals surface area contributed by atoms with Crippen molar-refractivity contribution in [1.29, 1.82) is 0 Å². The Kier molecular flexibility index (Phi) is 11.6. The van der Waals surface area contributed by atoms with E-state index in [1.807, 2.05) is 0 Å². The number of unbranched alkanes of at least 4 members (excludes halogenated alkanes) is 5. The van der Waals surface area contributed by atoms with Crippen LogP contribution in [-0.4, -0.2) is 33.4 Å². The number of ether oxygens (including phenoxy) is 4. The molecule has 0 saturated carbocycles. The van der Waals surface area contributed by atoms with Gasteiger partial charge in [0.05, 0.1) is 12.5 Å². The number of hydrogen-bond donors (Lipinski definition) is 0. The van der Waals surface area contributed by atoms with Gasteiger partial charge in [-0.05, 0) is 13.3 Å². The van der Waals surface area contributed by atoms with E-state index in [-0.39, 0.29) is 6.61 Å². The van der Waals surface area contributed by atoms with E-state index >= 15 is 0 Å². The molecule has 1 unspecified atom stereocenters. The fourth-order valence-corrected chi connectivity index (χ4v) is 3.28. The predicted molar refractivity (Wildman–Crippen MR) is 102 cm³/mol. The highest BCUT2D eigenvalue weighted by molar-refractivity contribution is 5.29. The first-order chi connectivity index (χ1) is 14.3. The minimum Gasteiger partial charge on any atom is -0.487 e. The van der Waals surface area contributed by atoms with Crippen molar-refractivity contribution < 1.29 is 40.9 Å². The van der Waals surface area contributed by atoms with Gasteiger partial charge in [0, 0.05) is 20.8 Å². The zero-order chi connectivity index (χ0) is 22.7. The summed E-state index contributed by atoms with van der Waals surface area (Å²) in [7, 11) is 2.68. The molecule has 0 spiro atoms. The number of benzene rings is 1. The Balaban J connectivity index is 3.00. The molecule has 0 saturated heterocycles. The number of halogens is 5. The molecule has 0 N–H and O–H groups in total. The molecule has 0 aliphatic carbocycles. The van der Waals surface area contributed by atoms with Crippen LogP contribution in [0.3, 0.4) is 0 Å². The Bertz CT molecular complexity index is 624. The summed E-state index contributed by atoms with van der Waals surface area (Å²) in [5.41, 5.74) is 0. The standard InChI is InChI=1S/C21H31F5O4/c1-5-7-8-9-10-11-12-14(21(27-3,28-4)30-6-2)13-29-20-18(25)16(23)15(22)17(24)19(20)26/h14H,5-13H2,1-4H3. The number of hydrogen-bond acceptors (Lipinski definition) is 4. The van der Waals surface area contributed by atoms with Gasteiger partial charge in [0.2, 0.25) is 29.1 Å². The molecule has 174 valence electrons. The second-order valence-corrected chi connectivity index (χ2v) is 6.91. The molecule has 1 atom stereocenters. The van der Waals surface area contributed by atoms with Crippen LogP contribution >= 0.6 is 0 Å². The van der Waals surface area contributed by atoms with E-state index in [1.165, 1.54) is 14.2 Å². The van der Waals surface area contributed by atoms with Crippen LogP contribution in [0, 0.1) is 35.0 Å². The van der Waals surface area contributed by atoms with Crippen LogP contribution in [0.25, 0.3) is 0 Å². The van der Waals surface area contributed by atoms with Crippen LogP contribution < -0.4 is 4.74 Å². The Morgan fingerprint density at radius 1 is 0.733 bits per heavy atom. The van der Waals surface area contributed by atoms with Crippen LogP contribution in [0.5, 0.6) is 5.75 Å². The average molecular weight is 442 g/mol. The van der Waals surface area contributed by atoms with Gasteiger partial charge in [-0.15, -0.1) is 0 Å². The van der Waals surface area contributed by atoms with Gasteiger partial charge in [-0.3, -0.25) is 0 Å². The van der Waals surface area contributed by atoms with Gasteiger partial charge in [-0.1, -0.05) is 45.4 Å². The molecular weight excluding hydrogens is 411 g/mol. The van der Waals surface area contributed by atoms with Crippen molar-refractivity contribution in [1.82, 2.24) is 0 Å². The lowest BCUT2D eigenvalue weighted by Gasteiger charge is -2.37. The zero-order valence-corrected chi connectivity index (χ0v) is 18.0. The fraction of sp³-hybridized carbons (Fsp3) is 0.714. The van der Waals surface area contributed by atoms with Crippen LogP contribution in [0.1, 0.15) is 58.8 Å². The molecule has 0 bridgehead atoms. The average Bonchev–Trinajstić information content (AvgIpc) is 2.75. The third kappa shape index (κ3) is 6.52. The molecule has 9 heteroatoms. The SMILES string of the molecule is CCCCCCCCC(COc1c(F)c(F)c(F)c(F)c1F)C(OC)(OC)OCC.